The van der Waals surface area contributed by atoms with Crippen LogP contribution < -0.4 is 0 Å². The van der Waals surface area contributed by atoms with Gasteiger partial charge in [-0.15, -0.1) is 11.3 Å². The average Bonchev–Trinajstić information content (AvgIpc) is 3.94. The highest BCUT2D eigenvalue weighted by atomic mass is 32.1. The first kappa shape index (κ1) is 30.9. The highest BCUT2D eigenvalue weighted by Gasteiger charge is 2.25. The van der Waals surface area contributed by atoms with Gasteiger partial charge in [-0.3, -0.25) is 4.57 Å². The zero-order chi connectivity index (χ0) is 37.2. The monoisotopic (exact) mass is 742 g/mol. The van der Waals surface area contributed by atoms with E-state index in [1.54, 1.807) is 0 Å². The largest absolute Gasteiger partial charge is 0.309 e. The summed E-state index contributed by atoms with van der Waals surface area (Å²) in [6.45, 7) is 0. The van der Waals surface area contributed by atoms with Crippen LogP contribution in [0.25, 0.3) is 119 Å². The second kappa shape index (κ2) is 11.6. The van der Waals surface area contributed by atoms with Gasteiger partial charge in [0.2, 0.25) is 5.95 Å². The Bertz CT molecular complexity index is 3810. The van der Waals surface area contributed by atoms with Crippen molar-refractivity contribution >= 4 is 108 Å². The van der Waals surface area contributed by atoms with Crippen LogP contribution in [0.1, 0.15) is 0 Å². The molecule has 13 aromatic rings. The van der Waals surface area contributed by atoms with Crippen molar-refractivity contribution in [3.63, 3.8) is 0 Å². The summed E-state index contributed by atoms with van der Waals surface area (Å²) in [7, 11) is 0. The molecule has 0 aliphatic rings. The normalized spacial score (nSPS) is 12.2. The standard InChI is InChI=1S/C52H30N4S/c1-2-16-33(17-3-1)55-42-23-10-8-21-39(42)46-43(55)29-30-44-47(46)40-28-27-38-36-20-9-11-24-45(36)57-51(38)50(40)56(44)52-53-48-35-19-7-5-14-32(35)25-26-41(48)49(54-52)37-22-12-15-31-13-4-6-18-34(31)37/h1-30H. The molecule has 0 aliphatic heterocycles. The van der Waals surface area contributed by atoms with Gasteiger partial charge in [-0.25, -0.2) is 9.97 Å². The molecule has 0 saturated carbocycles. The SMILES string of the molecule is c1ccc(-n2c3ccccc3c3c4c5ccc6c7ccccc7sc6c5n(-c5nc(-c6cccc7ccccc67)c6ccc7ccccc7c6n5)c4ccc32)cc1. The summed E-state index contributed by atoms with van der Waals surface area (Å²) >= 11 is 1.85. The molecule has 0 saturated heterocycles. The third-order valence-corrected chi connectivity index (χ3v) is 13.1. The van der Waals surface area contributed by atoms with E-state index in [0.29, 0.717) is 5.95 Å². The van der Waals surface area contributed by atoms with Gasteiger partial charge in [0.05, 0.1) is 38.0 Å². The summed E-state index contributed by atoms with van der Waals surface area (Å²) in [5, 5.41) is 13.0. The van der Waals surface area contributed by atoms with Crippen LogP contribution in [0.5, 0.6) is 0 Å². The summed E-state index contributed by atoms with van der Waals surface area (Å²) in [4.78, 5) is 11.3. The molecule has 264 valence electrons. The van der Waals surface area contributed by atoms with E-state index in [2.05, 4.69) is 191 Å². The van der Waals surface area contributed by atoms with Gasteiger partial charge in [-0.05, 0) is 58.6 Å². The maximum Gasteiger partial charge on any atom is 0.235 e. The van der Waals surface area contributed by atoms with Crippen molar-refractivity contribution in [1.82, 2.24) is 19.1 Å². The molecular weight excluding hydrogens is 713 g/mol. The van der Waals surface area contributed by atoms with E-state index in [4.69, 9.17) is 9.97 Å². The van der Waals surface area contributed by atoms with Crippen LogP contribution >= 0.6 is 11.3 Å². The lowest BCUT2D eigenvalue weighted by Gasteiger charge is -2.15. The van der Waals surface area contributed by atoms with E-state index in [-0.39, 0.29) is 0 Å². The molecule has 0 radical (unpaired) electrons. The number of nitrogens with zero attached hydrogens (tertiary/aromatic N) is 4. The molecule has 4 nitrogen and oxygen atoms in total. The first-order valence-electron chi connectivity index (χ1n) is 19.3. The maximum absolute atomic E-state index is 5.68. The van der Waals surface area contributed by atoms with E-state index >= 15 is 0 Å². The molecule has 0 amide bonds. The van der Waals surface area contributed by atoms with Crippen molar-refractivity contribution in [3.8, 4) is 22.9 Å². The molecule has 0 spiro atoms. The van der Waals surface area contributed by atoms with Gasteiger partial charge in [-0.2, -0.15) is 0 Å². The number of hydrogen-bond acceptors (Lipinski definition) is 3. The minimum Gasteiger partial charge on any atom is -0.309 e. The molecule has 4 aromatic heterocycles. The third-order valence-electron chi connectivity index (χ3n) is 11.9. The van der Waals surface area contributed by atoms with Crippen molar-refractivity contribution in [2.75, 3.05) is 0 Å². The zero-order valence-electron chi connectivity index (χ0n) is 30.5. The van der Waals surface area contributed by atoms with Crippen LogP contribution in [0.2, 0.25) is 0 Å². The third kappa shape index (κ3) is 4.26. The Kier molecular flexibility index (Phi) is 6.29. The minimum atomic E-state index is 0.665. The number of hydrogen-bond donors (Lipinski definition) is 0. The van der Waals surface area contributed by atoms with Gasteiger partial charge in [0, 0.05) is 59.0 Å². The molecule has 5 heteroatoms. The number of thiophene rings is 1. The van der Waals surface area contributed by atoms with E-state index < -0.39 is 0 Å². The van der Waals surface area contributed by atoms with Crippen molar-refractivity contribution in [2.45, 2.75) is 0 Å². The lowest BCUT2D eigenvalue weighted by Crippen LogP contribution is -2.04. The van der Waals surface area contributed by atoms with E-state index in [1.165, 1.54) is 63.5 Å². The smallest absolute Gasteiger partial charge is 0.235 e. The molecule has 13 rings (SSSR count). The minimum absolute atomic E-state index is 0.665. The zero-order valence-corrected chi connectivity index (χ0v) is 31.3. The summed E-state index contributed by atoms with van der Waals surface area (Å²) < 4.78 is 7.28. The number of para-hydroxylation sites is 2. The first-order chi connectivity index (χ1) is 28.3. The Labute approximate surface area is 330 Å². The Balaban J connectivity index is 1.25. The highest BCUT2D eigenvalue weighted by molar-refractivity contribution is 7.26. The van der Waals surface area contributed by atoms with Gasteiger partial charge in [0.15, 0.2) is 0 Å². The van der Waals surface area contributed by atoms with Crippen LogP contribution in [0.15, 0.2) is 182 Å². The topological polar surface area (TPSA) is 35.6 Å². The molecular formula is C52H30N4S. The van der Waals surface area contributed by atoms with Gasteiger partial charge < -0.3 is 4.57 Å². The molecule has 0 N–H and O–H groups in total. The second-order valence-electron chi connectivity index (χ2n) is 14.9. The fraction of sp³-hybridized carbons (Fsp3) is 0. The quantitative estimate of drug-likeness (QED) is 0.169. The first-order valence-corrected chi connectivity index (χ1v) is 20.2. The van der Waals surface area contributed by atoms with Crippen LogP contribution in [0.4, 0.5) is 0 Å². The molecule has 0 bridgehead atoms. The Hall–Kier alpha value is -7.34. The maximum atomic E-state index is 5.68. The van der Waals surface area contributed by atoms with E-state index in [0.717, 1.165) is 49.7 Å². The van der Waals surface area contributed by atoms with Crippen molar-refractivity contribution in [1.29, 1.82) is 0 Å². The molecule has 4 heterocycles. The molecule has 9 aromatic carbocycles. The number of fused-ring (bicyclic) bond motifs is 15. The molecule has 57 heavy (non-hydrogen) atoms. The summed E-state index contributed by atoms with van der Waals surface area (Å²) in [6, 6.07) is 65.7. The predicted molar refractivity (Wildman–Crippen MR) is 242 cm³/mol. The van der Waals surface area contributed by atoms with Gasteiger partial charge in [-0.1, -0.05) is 140 Å². The van der Waals surface area contributed by atoms with E-state index in [1.807, 2.05) is 11.3 Å². The fourth-order valence-corrected chi connectivity index (χ4v) is 10.7. The Morgan fingerprint density at radius 2 is 1.02 bits per heavy atom. The van der Waals surface area contributed by atoms with Gasteiger partial charge in [0.1, 0.15) is 0 Å². The number of rotatable bonds is 3. The van der Waals surface area contributed by atoms with Crippen molar-refractivity contribution in [3.05, 3.63) is 182 Å². The highest BCUT2D eigenvalue weighted by Crippen LogP contribution is 2.47. The Morgan fingerprint density at radius 3 is 1.88 bits per heavy atom. The molecule has 0 fully saturated rings. The molecule has 0 atom stereocenters. The summed E-state index contributed by atoms with van der Waals surface area (Å²) in [5.41, 5.74) is 8.69. The Morgan fingerprint density at radius 1 is 0.386 bits per heavy atom. The predicted octanol–water partition coefficient (Wildman–Crippen LogP) is 14.2. The van der Waals surface area contributed by atoms with E-state index in [9.17, 15) is 0 Å². The lowest BCUT2D eigenvalue weighted by molar-refractivity contribution is 1.02. The number of benzene rings is 9. The summed E-state index contributed by atoms with van der Waals surface area (Å²) in [5.74, 6) is 0.665. The molecule has 0 unspecified atom stereocenters. The average molecular weight is 743 g/mol. The fourth-order valence-electron chi connectivity index (χ4n) is 9.48. The lowest BCUT2D eigenvalue weighted by atomic mass is 9.98. The van der Waals surface area contributed by atoms with Crippen LogP contribution in [0, 0.1) is 0 Å². The molecule has 0 aliphatic carbocycles. The summed E-state index contributed by atoms with van der Waals surface area (Å²) in [6.07, 6.45) is 0. The van der Waals surface area contributed by atoms with Crippen LogP contribution in [-0.4, -0.2) is 19.1 Å². The van der Waals surface area contributed by atoms with Crippen molar-refractivity contribution in [2.24, 2.45) is 0 Å². The van der Waals surface area contributed by atoms with Crippen molar-refractivity contribution < 1.29 is 0 Å². The van der Waals surface area contributed by atoms with Gasteiger partial charge >= 0.3 is 0 Å². The second-order valence-corrected chi connectivity index (χ2v) is 15.9. The van der Waals surface area contributed by atoms with Gasteiger partial charge in [0.25, 0.3) is 0 Å². The number of aromatic nitrogens is 4. The van der Waals surface area contributed by atoms with Crippen LogP contribution in [-0.2, 0) is 0 Å². The van der Waals surface area contributed by atoms with Crippen LogP contribution in [0.3, 0.4) is 0 Å².